The molecule has 5 nitrogen and oxygen atoms in total. The van der Waals surface area contributed by atoms with E-state index in [1.807, 2.05) is 18.7 Å². The molecule has 0 spiro atoms. The number of nitrogens with one attached hydrogen (secondary N) is 1. The van der Waals surface area contributed by atoms with Crippen LogP contribution in [0, 0.1) is 12.8 Å². The summed E-state index contributed by atoms with van der Waals surface area (Å²) in [6.07, 6.45) is 2.86. The molecule has 0 bridgehead atoms. The summed E-state index contributed by atoms with van der Waals surface area (Å²) >= 11 is 0. The number of hydrogen-bond acceptors (Lipinski definition) is 3. The molecule has 2 aliphatic rings. The Hall–Kier alpha value is -1.62. The molecule has 0 unspecified atom stereocenters. The third kappa shape index (κ3) is 2.50. The van der Waals surface area contributed by atoms with Gasteiger partial charge in [-0.15, -0.1) is 0 Å². The van der Waals surface area contributed by atoms with E-state index in [2.05, 4.69) is 4.98 Å². The van der Waals surface area contributed by atoms with E-state index in [0.717, 1.165) is 43.7 Å². The largest absolute Gasteiger partial charge is 0.379 e. The number of nitrogens with zero attached hydrogens (tertiary/aromatic N) is 1. The van der Waals surface area contributed by atoms with Gasteiger partial charge in [0.05, 0.1) is 19.3 Å². The average molecular weight is 290 g/mol. The molecule has 0 aliphatic carbocycles. The maximum absolute atomic E-state index is 12.8. The van der Waals surface area contributed by atoms with E-state index in [4.69, 9.17) is 4.74 Å². The summed E-state index contributed by atoms with van der Waals surface area (Å²) in [4.78, 5) is 29.6. The zero-order chi connectivity index (χ0) is 15.0. The lowest BCUT2D eigenvalue weighted by molar-refractivity contribution is 0.0557. The van der Waals surface area contributed by atoms with Crippen molar-refractivity contribution in [1.29, 1.82) is 0 Å². The number of H-pyrrole nitrogens is 1. The lowest BCUT2D eigenvalue weighted by atomic mass is 9.91. The van der Waals surface area contributed by atoms with Crippen LogP contribution in [0.5, 0.6) is 0 Å². The summed E-state index contributed by atoms with van der Waals surface area (Å²) in [7, 11) is 0. The summed E-state index contributed by atoms with van der Waals surface area (Å²) in [5.74, 6) is 0.278. The molecule has 21 heavy (non-hydrogen) atoms. The summed E-state index contributed by atoms with van der Waals surface area (Å²) in [6.45, 7) is 5.98. The Bertz CT molecular complexity index is 608. The number of aromatic nitrogens is 1. The Morgan fingerprint density at radius 2 is 2.29 bits per heavy atom. The van der Waals surface area contributed by atoms with Gasteiger partial charge in [-0.3, -0.25) is 9.59 Å². The van der Waals surface area contributed by atoms with Crippen molar-refractivity contribution >= 4 is 5.91 Å². The fourth-order valence-corrected chi connectivity index (χ4v) is 3.50. The Labute approximate surface area is 124 Å². The Kier molecular flexibility index (Phi) is 3.85. The highest BCUT2D eigenvalue weighted by Gasteiger charge is 2.39. The van der Waals surface area contributed by atoms with E-state index >= 15 is 0 Å². The molecule has 2 aliphatic heterocycles. The van der Waals surface area contributed by atoms with Crippen molar-refractivity contribution in [1.82, 2.24) is 9.88 Å². The predicted molar refractivity (Wildman–Crippen MR) is 79.5 cm³/mol. The number of aromatic amines is 1. The van der Waals surface area contributed by atoms with E-state index in [1.165, 1.54) is 0 Å². The summed E-state index contributed by atoms with van der Waals surface area (Å²) in [5, 5.41) is 0. The molecule has 1 aromatic heterocycles. The minimum Gasteiger partial charge on any atom is -0.379 e. The molecule has 0 aromatic carbocycles. The van der Waals surface area contributed by atoms with Gasteiger partial charge < -0.3 is 14.6 Å². The van der Waals surface area contributed by atoms with Crippen LogP contribution in [-0.2, 0) is 11.2 Å². The van der Waals surface area contributed by atoms with Crippen molar-refractivity contribution in [3.8, 4) is 0 Å². The highest BCUT2D eigenvalue weighted by Crippen LogP contribution is 2.29. The highest BCUT2D eigenvalue weighted by molar-refractivity contribution is 5.94. The predicted octanol–water partition coefficient (Wildman–Crippen LogP) is 1.50. The number of carbonyl (C=O) groups excluding carboxylic acids is 1. The first-order valence-electron chi connectivity index (χ1n) is 7.73. The van der Waals surface area contributed by atoms with Gasteiger partial charge in [-0.2, -0.15) is 0 Å². The molecule has 1 aromatic rings. The van der Waals surface area contributed by atoms with Crippen LogP contribution in [0.25, 0.3) is 0 Å². The lowest BCUT2D eigenvalue weighted by Crippen LogP contribution is -2.49. The second-order valence-electron chi connectivity index (χ2n) is 6.03. The van der Waals surface area contributed by atoms with Crippen LogP contribution >= 0.6 is 0 Å². The van der Waals surface area contributed by atoms with Gasteiger partial charge in [-0.25, -0.2) is 0 Å². The molecule has 3 heterocycles. The molecule has 5 heteroatoms. The van der Waals surface area contributed by atoms with Crippen LogP contribution in [0.4, 0.5) is 0 Å². The maximum atomic E-state index is 12.8. The van der Waals surface area contributed by atoms with Crippen molar-refractivity contribution in [3.05, 3.63) is 33.2 Å². The van der Waals surface area contributed by atoms with Crippen LogP contribution in [0.1, 0.15) is 41.4 Å². The summed E-state index contributed by atoms with van der Waals surface area (Å²) < 4.78 is 5.52. The van der Waals surface area contributed by atoms with Gasteiger partial charge >= 0.3 is 0 Å². The van der Waals surface area contributed by atoms with E-state index in [9.17, 15) is 9.59 Å². The van der Waals surface area contributed by atoms with Crippen molar-refractivity contribution < 1.29 is 9.53 Å². The first kappa shape index (κ1) is 14.3. The van der Waals surface area contributed by atoms with Gasteiger partial charge in [-0.05, 0) is 37.8 Å². The fraction of sp³-hybridized carbons (Fsp3) is 0.625. The molecule has 1 amide bonds. The van der Waals surface area contributed by atoms with Gasteiger partial charge in [0.25, 0.3) is 11.5 Å². The Morgan fingerprint density at radius 3 is 3.05 bits per heavy atom. The number of pyridine rings is 1. The van der Waals surface area contributed by atoms with E-state index in [1.54, 1.807) is 6.07 Å². The van der Waals surface area contributed by atoms with Crippen LogP contribution in [0.15, 0.2) is 10.9 Å². The number of amides is 1. The second kappa shape index (κ2) is 5.64. The van der Waals surface area contributed by atoms with Gasteiger partial charge in [0.1, 0.15) is 5.56 Å². The minimum atomic E-state index is -0.275. The van der Waals surface area contributed by atoms with Crippen LogP contribution in [0.2, 0.25) is 0 Å². The smallest absolute Gasteiger partial charge is 0.261 e. The number of aryl methyl sites for hydroxylation is 2. The van der Waals surface area contributed by atoms with Crippen molar-refractivity contribution in [2.75, 3.05) is 19.8 Å². The van der Waals surface area contributed by atoms with Crippen LogP contribution in [0.3, 0.4) is 0 Å². The molecule has 114 valence electrons. The second-order valence-corrected chi connectivity index (χ2v) is 6.03. The molecule has 2 atom stereocenters. The number of rotatable bonds is 2. The zero-order valence-electron chi connectivity index (χ0n) is 12.6. The maximum Gasteiger partial charge on any atom is 0.261 e. The van der Waals surface area contributed by atoms with Crippen LogP contribution in [-0.4, -0.2) is 41.6 Å². The molecule has 0 radical (unpaired) electrons. The quantitative estimate of drug-likeness (QED) is 0.898. The number of hydrogen-bond donors (Lipinski definition) is 1. The monoisotopic (exact) mass is 290 g/mol. The number of fused-ring (bicyclic) bond motifs is 1. The van der Waals surface area contributed by atoms with Gasteiger partial charge in [0, 0.05) is 18.2 Å². The van der Waals surface area contributed by atoms with Crippen molar-refractivity contribution in [2.45, 2.75) is 39.2 Å². The molecule has 3 rings (SSSR count). The van der Waals surface area contributed by atoms with Crippen molar-refractivity contribution in [3.63, 3.8) is 0 Å². The van der Waals surface area contributed by atoms with Gasteiger partial charge in [0.15, 0.2) is 0 Å². The van der Waals surface area contributed by atoms with Gasteiger partial charge in [0.2, 0.25) is 0 Å². The fourth-order valence-electron chi connectivity index (χ4n) is 3.50. The third-order valence-electron chi connectivity index (χ3n) is 4.73. The lowest BCUT2D eigenvalue weighted by Gasteiger charge is -2.36. The molecular formula is C16H22N2O3. The normalized spacial score (nSPS) is 25.0. The van der Waals surface area contributed by atoms with Gasteiger partial charge in [-0.1, -0.05) is 6.92 Å². The molecule has 1 N–H and O–H groups in total. The molecule has 2 saturated heterocycles. The average Bonchev–Trinajstić information content (AvgIpc) is 2.96. The molecule has 0 saturated carbocycles. The van der Waals surface area contributed by atoms with E-state index in [-0.39, 0.29) is 23.1 Å². The number of likely N-dealkylation sites (tertiary alicyclic amines) is 1. The summed E-state index contributed by atoms with van der Waals surface area (Å²) in [6, 6.07) is 1.87. The van der Waals surface area contributed by atoms with Crippen molar-refractivity contribution in [2.24, 2.45) is 5.92 Å². The summed E-state index contributed by atoms with van der Waals surface area (Å²) in [5.41, 5.74) is 1.86. The molecular weight excluding hydrogens is 268 g/mol. The topological polar surface area (TPSA) is 62.4 Å². The zero-order valence-corrected chi connectivity index (χ0v) is 12.6. The number of ether oxygens (including phenoxy) is 1. The number of piperidine rings is 1. The minimum absolute atomic E-state index is 0.136. The highest BCUT2D eigenvalue weighted by atomic mass is 16.5. The van der Waals surface area contributed by atoms with E-state index in [0.29, 0.717) is 12.5 Å². The van der Waals surface area contributed by atoms with E-state index < -0.39 is 0 Å². The van der Waals surface area contributed by atoms with Crippen LogP contribution < -0.4 is 5.56 Å². The Morgan fingerprint density at radius 1 is 1.48 bits per heavy atom. The standard InChI is InChI=1S/C16H22N2O3/c1-3-13-10(2)7-12(15(19)17-13)16(20)18-6-4-5-11-8-21-9-14(11)18/h7,11,14H,3-6,8-9H2,1-2H3,(H,17,19)/t11-,14+/m1/s1. The number of carbonyl (C=O) groups is 1. The SMILES string of the molecule is CCc1[nH]c(=O)c(C(=O)N2CCC[C@@H]3COC[C@@H]32)cc1C. The third-order valence-corrected chi connectivity index (χ3v) is 4.73. The molecule has 2 fully saturated rings. The first-order valence-corrected chi connectivity index (χ1v) is 7.73. The Balaban J connectivity index is 1.91. The first-order chi connectivity index (χ1) is 10.1.